The standard InChI is InChI=1S/C12H14ClN3/c1-7-8(2)15-11-4-3-9(5-10(7)11)16-12(14)6-13/h3-5,15H,6H2,1-2H3,(H2,14,16). The number of aromatic nitrogens is 1. The fourth-order valence-electron chi connectivity index (χ4n) is 1.71. The molecule has 0 radical (unpaired) electrons. The van der Waals surface area contributed by atoms with Crippen molar-refractivity contribution in [3.05, 3.63) is 29.5 Å². The third kappa shape index (κ3) is 1.91. The van der Waals surface area contributed by atoms with Gasteiger partial charge >= 0.3 is 0 Å². The second kappa shape index (κ2) is 4.18. The maximum atomic E-state index is 5.60. The summed E-state index contributed by atoms with van der Waals surface area (Å²) in [5.41, 5.74) is 10.00. The predicted molar refractivity (Wildman–Crippen MR) is 69.8 cm³/mol. The zero-order valence-corrected chi connectivity index (χ0v) is 10.1. The van der Waals surface area contributed by atoms with Gasteiger partial charge in [-0.1, -0.05) is 0 Å². The number of hydrogen-bond acceptors (Lipinski definition) is 1. The first-order valence-electron chi connectivity index (χ1n) is 5.09. The molecule has 3 nitrogen and oxygen atoms in total. The van der Waals surface area contributed by atoms with E-state index in [0.29, 0.717) is 5.84 Å². The molecular formula is C12H14ClN3. The molecule has 0 saturated heterocycles. The van der Waals surface area contributed by atoms with E-state index >= 15 is 0 Å². The number of aromatic amines is 1. The number of nitrogens with one attached hydrogen (secondary N) is 1. The molecule has 0 aliphatic carbocycles. The number of alkyl halides is 1. The van der Waals surface area contributed by atoms with Crippen LogP contribution in [0.3, 0.4) is 0 Å². The molecule has 0 amide bonds. The minimum Gasteiger partial charge on any atom is -0.386 e. The first-order valence-corrected chi connectivity index (χ1v) is 5.63. The van der Waals surface area contributed by atoms with E-state index in [1.165, 1.54) is 16.6 Å². The second-order valence-corrected chi connectivity index (χ2v) is 4.11. The minimum absolute atomic E-state index is 0.253. The molecule has 3 N–H and O–H groups in total. The van der Waals surface area contributed by atoms with E-state index in [1.54, 1.807) is 0 Å². The molecule has 0 unspecified atom stereocenters. The highest BCUT2D eigenvalue weighted by Crippen LogP contribution is 2.25. The maximum Gasteiger partial charge on any atom is 0.115 e. The van der Waals surface area contributed by atoms with Gasteiger partial charge in [0.15, 0.2) is 0 Å². The molecule has 4 heteroatoms. The molecule has 2 rings (SSSR count). The number of aryl methyl sites for hydroxylation is 2. The van der Waals surface area contributed by atoms with Crippen LogP contribution < -0.4 is 5.73 Å². The highest BCUT2D eigenvalue weighted by molar-refractivity contribution is 6.28. The number of fused-ring (bicyclic) bond motifs is 1. The van der Waals surface area contributed by atoms with E-state index in [4.69, 9.17) is 17.3 Å². The van der Waals surface area contributed by atoms with E-state index in [-0.39, 0.29) is 5.88 Å². The zero-order valence-electron chi connectivity index (χ0n) is 9.34. The Morgan fingerprint density at radius 1 is 1.44 bits per heavy atom. The van der Waals surface area contributed by atoms with Crippen molar-refractivity contribution in [2.75, 3.05) is 5.88 Å². The summed E-state index contributed by atoms with van der Waals surface area (Å²) < 4.78 is 0. The van der Waals surface area contributed by atoms with Gasteiger partial charge in [-0.05, 0) is 37.6 Å². The van der Waals surface area contributed by atoms with E-state index in [1.807, 2.05) is 18.2 Å². The van der Waals surface area contributed by atoms with Crippen LogP contribution in [0, 0.1) is 13.8 Å². The minimum atomic E-state index is 0.253. The van der Waals surface area contributed by atoms with Crippen LogP contribution in [0.2, 0.25) is 0 Å². The molecule has 0 atom stereocenters. The Hall–Kier alpha value is -1.48. The maximum absolute atomic E-state index is 5.60. The molecule has 16 heavy (non-hydrogen) atoms. The summed E-state index contributed by atoms with van der Waals surface area (Å²) in [6, 6.07) is 5.96. The van der Waals surface area contributed by atoms with Gasteiger partial charge in [-0.2, -0.15) is 0 Å². The van der Waals surface area contributed by atoms with Crippen LogP contribution in [0.4, 0.5) is 5.69 Å². The molecule has 2 aromatic rings. The number of benzene rings is 1. The van der Waals surface area contributed by atoms with Crippen molar-refractivity contribution in [2.24, 2.45) is 10.7 Å². The van der Waals surface area contributed by atoms with Crippen LogP contribution in [-0.2, 0) is 0 Å². The largest absolute Gasteiger partial charge is 0.386 e. The van der Waals surface area contributed by atoms with Gasteiger partial charge in [-0.3, -0.25) is 0 Å². The quantitative estimate of drug-likeness (QED) is 0.469. The van der Waals surface area contributed by atoms with E-state index in [2.05, 4.69) is 23.8 Å². The molecule has 0 aliphatic rings. The Bertz CT molecular complexity index is 555. The molecule has 1 aromatic heterocycles. The summed E-state index contributed by atoms with van der Waals surface area (Å²) in [4.78, 5) is 7.54. The zero-order chi connectivity index (χ0) is 11.7. The monoisotopic (exact) mass is 235 g/mol. The average molecular weight is 236 g/mol. The summed E-state index contributed by atoms with van der Waals surface area (Å²) in [6.45, 7) is 4.15. The van der Waals surface area contributed by atoms with Gasteiger partial charge in [-0.25, -0.2) is 4.99 Å². The van der Waals surface area contributed by atoms with Gasteiger partial charge in [0.1, 0.15) is 5.84 Å². The molecule has 84 valence electrons. The van der Waals surface area contributed by atoms with Crippen molar-refractivity contribution < 1.29 is 0 Å². The van der Waals surface area contributed by atoms with E-state index in [0.717, 1.165) is 11.2 Å². The Kier molecular flexibility index (Phi) is 2.88. The number of nitrogens with zero attached hydrogens (tertiary/aromatic N) is 1. The smallest absolute Gasteiger partial charge is 0.115 e. The Labute approximate surface area is 99.3 Å². The lowest BCUT2D eigenvalue weighted by atomic mass is 10.1. The Morgan fingerprint density at radius 3 is 2.88 bits per heavy atom. The Morgan fingerprint density at radius 2 is 2.19 bits per heavy atom. The lowest BCUT2D eigenvalue weighted by molar-refractivity contribution is 1.25. The molecule has 0 aliphatic heterocycles. The summed E-state index contributed by atoms with van der Waals surface area (Å²) >= 11 is 5.59. The topological polar surface area (TPSA) is 54.2 Å². The van der Waals surface area contributed by atoms with Gasteiger partial charge in [0.2, 0.25) is 0 Å². The van der Waals surface area contributed by atoms with Crippen molar-refractivity contribution in [2.45, 2.75) is 13.8 Å². The molecule has 0 saturated carbocycles. The van der Waals surface area contributed by atoms with Gasteiger partial charge < -0.3 is 10.7 Å². The van der Waals surface area contributed by atoms with Crippen LogP contribution in [0.25, 0.3) is 10.9 Å². The highest BCUT2D eigenvalue weighted by atomic mass is 35.5. The van der Waals surface area contributed by atoms with Crippen LogP contribution in [0.15, 0.2) is 23.2 Å². The highest BCUT2D eigenvalue weighted by Gasteiger charge is 2.04. The van der Waals surface area contributed by atoms with E-state index < -0.39 is 0 Å². The van der Waals surface area contributed by atoms with Crippen LogP contribution >= 0.6 is 11.6 Å². The van der Waals surface area contributed by atoms with Crippen LogP contribution in [0.5, 0.6) is 0 Å². The van der Waals surface area contributed by atoms with Crippen molar-refractivity contribution in [3.8, 4) is 0 Å². The molecule has 1 heterocycles. The van der Waals surface area contributed by atoms with Crippen LogP contribution in [-0.4, -0.2) is 16.7 Å². The molecule has 0 fully saturated rings. The van der Waals surface area contributed by atoms with Gasteiger partial charge in [0.25, 0.3) is 0 Å². The van der Waals surface area contributed by atoms with Crippen LogP contribution in [0.1, 0.15) is 11.3 Å². The van der Waals surface area contributed by atoms with Gasteiger partial charge in [0.05, 0.1) is 11.6 Å². The van der Waals surface area contributed by atoms with Gasteiger partial charge in [0, 0.05) is 16.6 Å². The molecule has 0 bridgehead atoms. The van der Waals surface area contributed by atoms with Crippen molar-refractivity contribution in [1.82, 2.24) is 4.98 Å². The van der Waals surface area contributed by atoms with Crippen molar-refractivity contribution in [1.29, 1.82) is 0 Å². The third-order valence-corrected chi connectivity index (χ3v) is 2.98. The SMILES string of the molecule is Cc1[nH]c2ccc(N=C(N)CCl)cc2c1C. The number of rotatable bonds is 2. The first-order chi connectivity index (χ1) is 7.61. The van der Waals surface area contributed by atoms with Crippen molar-refractivity contribution >= 4 is 34.0 Å². The number of hydrogen-bond donors (Lipinski definition) is 2. The van der Waals surface area contributed by atoms with E-state index in [9.17, 15) is 0 Å². The normalized spacial score (nSPS) is 12.3. The molecule has 1 aromatic carbocycles. The number of aliphatic imine (C=N–C) groups is 1. The second-order valence-electron chi connectivity index (χ2n) is 3.84. The summed E-state index contributed by atoms with van der Waals surface area (Å²) in [5.74, 6) is 0.689. The summed E-state index contributed by atoms with van der Waals surface area (Å²) in [7, 11) is 0. The molecule has 0 spiro atoms. The fraction of sp³-hybridized carbons (Fsp3) is 0.250. The fourth-order valence-corrected chi connectivity index (χ4v) is 1.77. The van der Waals surface area contributed by atoms with Gasteiger partial charge in [-0.15, -0.1) is 11.6 Å². The average Bonchev–Trinajstić information content (AvgIpc) is 2.55. The lowest BCUT2D eigenvalue weighted by Gasteiger charge is -1.97. The number of nitrogens with two attached hydrogens (primary N) is 1. The summed E-state index contributed by atoms with van der Waals surface area (Å²) in [5, 5.41) is 1.18. The molecular weight excluding hydrogens is 222 g/mol. The number of H-pyrrole nitrogens is 1. The van der Waals surface area contributed by atoms with Crippen molar-refractivity contribution in [3.63, 3.8) is 0 Å². The predicted octanol–water partition coefficient (Wildman–Crippen LogP) is 3.01. The Balaban J connectivity index is 2.55. The number of amidine groups is 1. The number of halogens is 1. The third-order valence-electron chi connectivity index (χ3n) is 2.70. The summed E-state index contributed by atoms with van der Waals surface area (Å²) in [6.07, 6.45) is 0. The lowest BCUT2D eigenvalue weighted by Crippen LogP contribution is -2.12. The first kappa shape index (κ1) is 11.0.